The Labute approximate surface area is 117 Å². The van der Waals surface area contributed by atoms with Gasteiger partial charge in [-0.3, -0.25) is 4.57 Å². The Morgan fingerprint density at radius 2 is 1.90 bits per heavy atom. The molecule has 2 aromatic heterocycles. The topological polar surface area (TPSA) is 54.5 Å². The molecule has 98 valence electrons. The second-order valence-electron chi connectivity index (χ2n) is 4.96. The zero-order valence-corrected chi connectivity index (χ0v) is 11.4. The molecule has 0 saturated carbocycles. The second-order valence-corrected chi connectivity index (χ2v) is 4.96. The highest BCUT2D eigenvalue weighted by molar-refractivity contribution is 5.74. The van der Waals surface area contributed by atoms with E-state index in [1.54, 1.807) is 6.20 Å². The monoisotopic (exact) mass is 262 g/mol. The lowest BCUT2D eigenvalue weighted by Gasteiger charge is -2.10. The Morgan fingerprint density at radius 3 is 2.55 bits per heavy atom. The van der Waals surface area contributed by atoms with Crippen LogP contribution in [-0.2, 0) is 0 Å². The van der Waals surface area contributed by atoms with Crippen LogP contribution < -0.4 is 0 Å². The molecule has 20 heavy (non-hydrogen) atoms. The Hall–Kier alpha value is -2.67. The third-order valence-corrected chi connectivity index (χ3v) is 3.21. The van der Waals surface area contributed by atoms with Crippen LogP contribution in [-0.4, -0.2) is 14.5 Å². The predicted octanol–water partition coefficient (Wildman–Crippen LogP) is 3.42. The summed E-state index contributed by atoms with van der Waals surface area (Å²) in [5, 5.41) is 8.89. The van der Waals surface area contributed by atoms with Gasteiger partial charge < -0.3 is 0 Å². The first kappa shape index (κ1) is 12.4. The van der Waals surface area contributed by atoms with E-state index in [1.807, 2.05) is 36.4 Å². The molecule has 4 nitrogen and oxygen atoms in total. The number of imidazole rings is 1. The summed E-state index contributed by atoms with van der Waals surface area (Å²) in [4.78, 5) is 9.11. The lowest BCUT2D eigenvalue weighted by molar-refractivity contribution is 0.757. The zero-order chi connectivity index (χ0) is 14.1. The van der Waals surface area contributed by atoms with Gasteiger partial charge in [-0.15, -0.1) is 0 Å². The molecule has 0 fully saturated rings. The SMILES string of the molecule is CC(C)c1nc2cccnc2n1-c1ccc(C#N)cc1. The summed E-state index contributed by atoms with van der Waals surface area (Å²) in [6, 6.07) is 13.5. The zero-order valence-electron chi connectivity index (χ0n) is 11.4. The second kappa shape index (κ2) is 4.78. The van der Waals surface area contributed by atoms with Crippen LogP contribution >= 0.6 is 0 Å². The molecule has 1 aromatic carbocycles. The van der Waals surface area contributed by atoms with Gasteiger partial charge in [0.1, 0.15) is 11.3 Å². The van der Waals surface area contributed by atoms with Gasteiger partial charge in [-0.25, -0.2) is 9.97 Å². The predicted molar refractivity (Wildman–Crippen MR) is 77.7 cm³/mol. The van der Waals surface area contributed by atoms with E-state index in [9.17, 15) is 0 Å². The van der Waals surface area contributed by atoms with Crippen molar-refractivity contribution in [3.8, 4) is 11.8 Å². The first-order valence-corrected chi connectivity index (χ1v) is 6.54. The van der Waals surface area contributed by atoms with Gasteiger partial charge in [0.15, 0.2) is 5.65 Å². The number of rotatable bonds is 2. The van der Waals surface area contributed by atoms with Gasteiger partial charge in [0, 0.05) is 17.8 Å². The normalized spacial score (nSPS) is 10.9. The molecule has 0 N–H and O–H groups in total. The van der Waals surface area contributed by atoms with E-state index in [2.05, 4.69) is 34.5 Å². The number of aromatic nitrogens is 3. The number of nitrogens with zero attached hydrogens (tertiary/aromatic N) is 4. The van der Waals surface area contributed by atoms with Gasteiger partial charge >= 0.3 is 0 Å². The number of benzene rings is 1. The van der Waals surface area contributed by atoms with E-state index >= 15 is 0 Å². The Kier molecular flexibility index (Phi) is 2.96. The summed E-state index contributed by atoms with van der Waals surface area (Å²) in [6.07, 6.45) is 1.77. The lowest BCUT2D eigenvalue weighted by Crippen LogP contribution is -2.03. The van der Waals surface area contributed by atoms with Gasteiger partial charge in [-0.1, -0.05) is 13.8 Å². The molecule has 2 heterocycles. The molecule has 0 saturated heterocycles. The molecule has 0 radical (unpaired) electrons. The largest absolute Gasteiger partial charge is 0.281 e. The summed E-state index contributed by atoms with van der Waals surface area (Å²) in [5.41, 5.74) is 3.37. The maximum absolute atomic E-state index is 8.89. The number of nitriles is 1. The van der Waals surface area contributed by atoms with Crippen molar-refractivity contribution in [1.29, 1.82) is 5.26 Å². The molecule has 0 atom stereocenters. The summed E-state index contributed by atoms with van der Waals surface area (Å²) in [6.45, 7) is 4.22. The van der Waals surface area contributed by atoms with Crippen LogP contribution in [0.25, 0.3) is 16.9 Å². The van der Waals surface area contributed by atoms with E-state index in [1.165, 1.54) is 0 Å². The van der Waals surface area contributed by atoms with Gasteiger partial charge in [0.05, 0.1) is 11.6 Å². The third kappa shape index (κ3) is 1.94. The average Bonchev–Trinajstić information content (AvgIpc) is 2.87. The number of pyridine rings is 1. The number of hydrogen-bond acceptors (Lipinski definition) is 3. The maximum atomic E-state index is 8.89. The molecule has 0 aliphatic heterocycles. The Balaban J connectivity index is 2.27. The Bertz CT molecular complexity index is 791. The lowest BCUT2D eigenvalue weighted by atomic mass is 10.2. The van der Waals surface area contributed by atoms with Crippen molar-refractivity contribution >= 4 is 11.2 Å². The van der Waals surface area contributed by atoms with Crippen LogP contribution in [0.2, 0.25) is 0 Å². The summed E-state index contributed by atoms with van der Waals surface area (Å²) in [5.74, 6) is 1.27. The first-order chi connectivity index (χ1) is 9.70. The van der Waals surface area contributed by atoms with Crippen molar-refractivity contribution in [3.63, 3.8) is 0 Å². The fourth-order valence-corrected chi connectivity index (χ4v) is 2.26. The standard InChI is InChI=1S/C16H14N4/c1-11(2)15-19-14-4-3-9-18-16(14)20(15)13-7-5-12(10-17)6-8-13/h3-9,11H,1-2H3. The highest BCUT2D eigenvalue weighted by Gasteiger charge is 2.15. The van der Waals surface area contributed by atoms with Crippen LogP contribution in [0, 0.1) is 11.3 Å². The third-order valence-electron chi connectivity index (χ3n) is 3.21. The minimum absolute atomic E-state index is 0.292. The van der Waals surface area contributed by atoms with Crippen molar-refractivity contribution in [2.75, 3.05) is 0 Å². The molecule has 0 amide bonds. The van der Waals surface area contributed by atoms with Gasteiger partial charge in [-0.05, 0) is 36.4 Å². The van der Waals surface area contributed by atoms with Crippen molar-refractivity contribution in [2.45, 2.75) is 19.8 Å². The molecule has 3 aromatic rings. The van der Waals surface area contributed by atoms with E-state index in [-0.39, 0.29) is 0 Å². The van der Waals surface area contributed by atoms with Crippen LogP contribution in [0.5, 0.6) is 0 Å². The number of fused-ring (bicyclic) bond motifs is 1. The van der Waals surface area contributed by atoms with Gasteiger partial charge in [0.2, 0.25) is 0 Å². The minimum atomic E-state index is 0.292. The Morgan fingerprint density at radius 1 is 1.15 bits per heavy atom. The summed E-state index contributed by atoms with van der Waals surface area (Å²) < 4.78 is 2.06. The maximum Gasteiger partial charge on any atom is 0.164 e. The van der Waals surface area contributed by atoms with Crippen molar-refractivity contribution in [3.05, 3.63) is 54.0 Å². The molecular weight excluding hydrogens is 248 g/mol. The minimum Gasteiger partial charge on any atom is -0.281 e. The van der Waals surface area contributed by atoms with Crippen LogP contribution in [0.4, 0.5) is 0 Å². The fraction of sp³-hybridized carbons (Fsp3) is 0.188. The molecular formula is C16H14N4. The summed E-state index contributed by atoms with van der Waals surface area (Å²) in [7, 11) is 0. The molecule has 3 rings (SSSR count). The molecule has 0 unspecified atom stereocenters. The van der Waals surface area contributed by atoms with E-state index in [4.69, 9.17) is 5.26 Å². The van der Waals surface area contributed by atoms with Crippen molar-refractivity contribution in [1.82, 2.24) is 14.5 Å². The molecule has 0 aliphatic rings. The highest BCUT2D eigenvalue weighted by Crippen LogP contribution is 2.24. The smallest absolute Gasteiger partial charge is 0.164 e. The van der Waals surface area contributed by atoms with Crippen molar-refractivity contribution in [2.24, 2.45) is 0 Å². The first-order valence-electron chi connectivity index (χ1n) is 6.54. The molecule has 0 aliphatic carbocycles. The van der Waals surface area contributed by atoms with Crippen LogP contribution in [0.3, 0.4) is 0 Å². The fourth-order valence-electron chi connectivity index (χ4n) is 2.26. The average molecular weight is 262 g/mol. The van der Waals surface area contributed by atoms with E-state index < -0.39 is 0 Å². The van der Waals surface area contributed by atoms with Crippen LogP contribution in [0.1, 0.15) is 31.2 Å². The quantitative estimate of drug-likeness (QED) is 0.711. The van der Waals surface area contributed by atoms with Gasteiger partial charge in [0.25, 0.3) is 0 Å². The van der Waals surface area contributed by atoms with E-state index in [0.717, 1.165) is 22.7 Å². The summed E-state index contributed by atoms with van der Waals surface area (Å²) >= 11 is 0. The van der Waals surface area contributed by atoms with Crippen LogP contribution in [0.15, 0.2) is 42.6 Å². The van der Waals surface area contributed by atoms with Crippen molar-refractivity contribution < 1.29 is 0 Å². The van der Waals surface area contributed by atoms with Gasteiger partial charge in [-0.2, -0.15) is 5.26 Å². The number of hydrogen-bond donors (Lipinski definition) is 0. The highest BCUT2D eigenvalue weighted by atomic mass is 15.1. The van der Waals surface area contributed by atoms with E-state index in [0.29, 0.717) is 11.5 Å². The molecule has 4 heteroatoms. The molecule has 0 bridgehead atoms. The molecule has 0 spiro atoms.